The van der Waals surface area contributed by atoms with Crippen molar-refractivity contribution in [2.75, 3.05) is 0 Å². The van der Waals surface area contributed by atoms with E-state index in [0.29, 0.717) is 5.88 Å². The van der Waals surface area contributed by atoms with Crippen LogP contribution in [0.4, 0.5) is 0 Å². The van der Waals surface area contributed by atoms with Crippen LogP contribution < -0.4 is 0 Å². The van der Waals surface area contributed by atoms with Crippen LogP contribution in [0.5, 0.6) is 0 Å². The van der Waals surface area contributed by atoms with Gasteiger partial charge in [-0.3, -0.25) is 4.57 Å². The summed E-state index contributed by atoms with van der Waals surface area (Å²) in [6.07, 6.45) is 1.96. The highest BCUT2D eigenvalue weighted by molar-refractivity contribution is 6.16. The van der Waals surface area contributed by atoms with Gasteiger partial charge in [0.1, 0.15) is 5.82 Å². The van der Waals surface area contributed by atoms with Crippen molar-refractivity contribution in [3.63, 3.8) is 0 Å². The minimum atomic E-state index is 0.379. The van der Waals surface area contributed by atoms with Crippen molar-refractivity contribution in [2.45, 2.75) is 39.5 Å². The van der Waals surface area contributed by atoms with E-state index in [1.165, 1.54) is 11.1 Å². The molecule has 0 fully saturated rings. The van der Waals surface area contributed by atoms with Crippen LogP contribution in [-0.4, -0.2) is 14.8 Å². The van der Waals surface area contributed by atoms with Crippen molar-refractivity contribution >= 4 is 11.6 Å². The number of nitrogens with zero attached hydrogens (tertiary/aromatic N) is 3. The molecule has 0 atom stereocenters. The van der Waals surface area contributed by atoms with E-state index in [-0.39, 0.29) is 0 Å². The highest BCUT2D eigenvalue weighted by atomic mass is 35.5. The Morgan fingerprint density at radius 3 is 2.44 bits per heavy atom. The van der Waals surface area contributed by atoms with Gasteiger partial charge in [-0.15, -0.1) is 21.8 Å². The first-order chi connectivity index (χ1) is 8.67. The number of hydrogen-bond donors (Lipinski definition) is 0. The second-order valence-corrected chi connectivity index (χ2v) is 4.79. The number of benzene rings is 1. The van der Waals surface area contributed by atoms with Gasteiger partial charge in [-0.25, -0.2) is 0 Å². The van der Waals surface area contributed by atoms with E-state index in [0.717, 1.165) is 30.2 Å². The molecule has 0 bridgehead atoms. The van der Waals surface area contributed by atoms with Gasteiger partial charge in [-0.05, 0) is 43.5 Å². The Balaban J connectivity index is 2.53. The Labute approximate surface area is 113 Å². The first kappa shape index (κ1) is 13.1. The molecule has 1 heterocycles. The van der Waals surface area contributed by atoms with E-state index in [1.807, 2.05) is 0 Å². The molecule has 18 heavy (non-hydrogen) atoms. The van der Waals surface area contributed by atoms with E-state index in [9.17, 15) is 0 Å². The highest BCUT2D eigenvalue weighted by Crippen LogP contribution is 2.19. The van der Waals surface area contributed by atoms with Crippen LogP contribution in [0.2, 0.25) is 0 Å². The fraction of sp³-hybridized carbons (Fsp3) is 0.429. The van der Waals surface area contributed by atoms with Crippen molar-refractivity contribution < 1.29 is 0 Å². The molecule has 3 nitrogen and oxygen atoms in total. The van der Waals surface area contributed by atoms with Crippen LogP contribution in [0.15, 0.2) is 18.2 Å². The van der Waals surface area contributed by atoms with Gasteiger partial charge in [0.2, 0.25) is 0 Å². The Morgan fingerprint density at radius 2 is 1.83 bits per heavy atom. The molecule has 4 heteroatoms. The van der Waals surface area contributed by atoms with Crippen LogP contribution in [0.3, 0.4) is 0 Å². The fourth-order valence-electron chi connectivity index (χ4n) is 1.99. The molecule has 0 saturated carbocycles. The van der Waals surface area contributed by atoms with E-state index >= 15 is 0 Å². The molecule has 96 valence electrons. The van der Waals surface area contributed by atoms with Crippen LogP contribution >= 0.6 is 11.6 Å². The summed E-state index contributed by atoms with van der Waals surface area (Å²) in [6.45, 7) is 6.36. The normalized spacial score (nSPS) is 10.9. The Morgan fingerprint density at radius 1 is 1.11 bits per heavy atom. The van der Waals surface area contributed by atoms with Gasteiger partial charge < -0.3 is 0 Å². The molecule has 0 spiro atoms. The Hall–Kier alpha value is -1.35. The number of hydrogen-bond acceptors (Lipinski definition) is 2. The smallest absolute Gasteiger partial charge is 0.152 e. The predicted octanol–water partition coefficient (Wildman–Crippen LogP) is 3.58. The standard InChI is InChI=1S/C14H18ClN3/c1-4-5-13-16-17-14(9-15)18(13)12-7-6-10(2)11(3)8-12/h6-8H,4-5,9H2,1-3H3. The molecule has 0 aliphatic carbocycles. The van der Waals surface area contributed by atoms with Crippen molar-refractivity contribution in [1.82, 2.24) is 14.8 Å². The van der Waals surface area contributed by atoms with E-state index in [2.05, 4.69) is 53.7 Å². The van der Waals surface area contributed by atoms with Gasteiger partial charge in [0.25, 0.3) is 0 Å². The Kier molecular flexibility index (Phi) is 4.02. The van der Waals surface area contributed by atoms with Crippen molar-refractivity contribution in [3.05, 3.63) is 41.0 Å². The maximum atomic E-state index is 5.94. The number of rotatable bonds is 4. The molecule has 2 aromatic rings. The van der Waals surface area contributed by atoms with Crippen LogP contribution in [0, 0.1) is 13.8 Å². The zero-order valence-corrected chi connectivity index (χ0v) is 11.8. The number of alkyl halides is 1. The molecule has 1 aromatic heterocycles. The quantitative estimate of drug-likeness (QED) is 0.790. The molecule has 0 unspecified atom stereocenters. The summed E-state index contributed by atoms with van der Waals surface area (Å²) in [5.74, 6) is 2.17. The first-order valence-electron chi connectivity index (χ1n) is 6.24. The molecule has 1 aromatic carbocycles. The maximum absolute atomic E-state index is 5.94. The molecule has 0 saturated heterocycles. The highest BCUT2D eigenvalue weighted by Gasteiger charge is 2.12. The molecule has 0 aliphatic rings. The van der Waals surface area contributed by atoms with Gasteiger partial charge in [-0.1, -0.05) is 13.0 Å². The minimum absolute atomic E-state index is 0.379. The largest absolute Gasteiger partial charge is 0.282 e. The zero-order chi connectivity index (χ0) is 13.1. The van der Waals surface area contributed by atoms with Gasteiger partial charge >= 0.3 is 0 Å². The third-order valence-electron chi connectivity index (χ3n) is 3.14. The molecular weight excluding hydrogens is 246 g/mol. The van der Waals surface area contributed by atoms with E-state index in [1.54, 1.807) is 0 Å². The summed E-state index contributed by atoms with van der Waals surface area (Å²) in [4.78, 5) is 0. The molecule has 2 rings (SSSR count). The van der Waals surface area contributed by atoms with Gasteiger partial charge in [0, 0.05) is 12.1 Å². The molecule has 0 aliphatic heterocycles. The van der Waals surface area contributed by atoms with E-state index in [4.69, 9.17) is 11.6 Å². The maximum Gasteiger partial charge on any atom is 0.152 e. The summed E-state index contributed by atoms with van der Waals surface area (Å²) in [7, 11) is 0. The molecule has 0 N–H and O–H groups in total. The van der Waals surface area contributed by atoms with Crippen molar-refractivity contribution in [1.29, 1.82) is 0 Å². The number of aryl methyl sites for hydroxylation is 3. The SMILES string of the molecule is CCCc1nnc(CCl)n1-c1ccc(C)c(C)c1. The summed E-state index contributed by atoms with van der Waals surface area (Å²) in [5.41, 5.74) is 3.66. The average Bonchev–Trinajstić information content (AvgIpc) is 2.76. The minimum Gasteiger partial charge on any atom is -0.282 e. The van der Waals surface area contributed by atoms with E-state index < -0.39 is 0 Å². The van der Waals surface area contributed by atoms with Gasteiger partial charge in [0.05, 0.1) is 5.88 Å². The lowest BCUT2D eigenvalue weighted by molar-refractivity contribution is 0.796. The third kappa shape index (κ3) is 2.41. The number of aromatic nitrogens is 3. The first-order valence-corrected chi connectivity index (χ1v) is 6.77. The summed E-state index contributed by atoms with van der Waals surface area (Å²) < 4.78 is 2.07. The molecule has 0 radical (unpaired) electrons. The zero-order valence-electron chi connectivity index (χ0n) is 11.1. The Bertz CT molecular complexity index is 546. The van der Waals surface area contributed by atoms with Crippen molar-refractivity contribution in [3.8, 4) is 5.69 Å². The summed E-state index contributed by atoms with van der Waals surface area (Å²) >= 11 is 5.94. The van der Waals surface area contributed by atoms with Crippen molar-refractivity contribution in [2.24, 2.45) is 0 Å². The molecular formula is C14H18ClN3. The van der Waals surface area contributed by atoms with Crippen LogP contribution in [-0.2, 0) is 12.3 Å². The fourth-order valence-corrected chi connectivity index (χ4v) is 2.16. The second-order valence-electron chi connectivity index (χ2n) is 4.52. The predicted molar refractivity (Wildman–Crippen MR) is 74.4 cm³/mol. The van der Waals surface area contributed by atoms with Crippen LogP contribution in [0.25, 0.3) is 5.69 Å². The third-order valence-corrected chi connectivity index (χ3v) is 3.38. The second kappa shape index (κ2) is 5.53. The number of halogens is 1. The lowest BCUT2D eigenvalue weighted by Crippen LogP contribution is -2.05. The monoisotopic (exact) mass is 263 g/mol. The summed E-state index contributed by atoms with van der Waals surface area (Å²) in [6, 6.07) is 6.38. The van der Waals surface area contributed by atoms with Gasteiger partial charge in [0.15, 0.2) is 5.82 Å². The lowest BCUT2D eigenvalue weighted by Gasteiger charge is -2.11. The molecule has 0 amide bonds. The van der Waals surface area contributed by atoms with Gasteiger partial charge in [-0.2, -0.15) is 0 Å². The summed E-state index contributed by atoms with van der Waals surface area (Å²) in [5, 5.41) is 8.40. The topological polar surface area (TPSA) is 30.7 Å². The average molecular weight is 264 g/mol. The van der Waals surface area contributed by atoms with Crippen LogP contribution in [0.1, 0.15) is 36.1 Å². The lowest BCUT2D eigenvalue weighted by atomic mass is 10.1.